The fraction of sp³-hybridized carbons (Fsp3) is 0.407. The molecule has 3 aromatic rings. The SMILES string of the molecule is Cc1cc(OCCc2coc(-c3cc(C(C)(C)C)c(O)c(C(C)(C)C)c3)n2)ccc1C=O. The van der Waals surface area contributed by atoms with Gasteiger partial charge in [-0.3, -0.25) is 4.79 Å². The number of oxazole rings is 1. The quantitative estimate of drug-likeness (QED) is 0.455. The van der Waals surface area contributed by atoms with Crippen molar-refractivity contribution in [1.82, 2.24) is 4.98 Å². The molecule has 0 spiro atoms. The second-order valence-electron chi connectivity index (χ2n) is 10.3. The fourth-order valence-electron chi connectivity index (χ4n) is 3.60. The fourth-order valence-corrected chi connectivity index (χ4v) is 3.60. The third-order valence-electron chi connectivity index (χ3n) is 5.52. The molecule has 1 aromatic heterocycles. The maximum absolute atomic E-state index is 11.0. The van der Waals surface area contributed by atoms with Crippen LogP contribution in [0.1, 0.15) is 74.3 Å². The summed E-state index contributed by atoms with van der Waals surface area (Å²) in [5.41, 5.74) is 4.50. The van der Waals surface area contributed by atoms with Crippen molar-refractivity contribution in [3.05, 3.63) is 64.5 Å². The summed E-state index contributed by atoms with van der Waals surface area (Å²) in [7, 11) is 0. The van der Waals surface area contributed by atoms with Gasteiger partial charge in [0, 0.05) is 28.7 Å². The number of hydrogen-bond donors (Lipinski definition) is 1. The minimum absolute atomic E-state index is 0.221. The van der Waals surface area contributed by atoms with Crippen LogP contribution in [-0.2, 0) is 17.3 Å². The first-order valence-corrected chi connectivity index (χ1v) is 10.9. The van der Waals surface area contributed by atoms with Gasteiger partial charge in [-0.25, -0.2) is 4.98 Å². The lowest BCUT2D eigenvalue weighted by Gasteiger charge is -2.27. The summed E-state index contributed by atoms with van der Waals surface area (Å²) in [6.45, 7) is 14.8. The summed E-state index contributed by atoms with van der Waals surface area (Å²) in [6.07, 6.45) is 3.09. The van der Waals surface area contributed by atoms with E-state index in [-0.39, 0.29) is 10.8 Å². The molecule has 2 aromatic carbocycles. The van der Waals surface area contributed by atoms with E-state index < -0.39 is 0 Å². The van der Waals surface area contributed by atoms with E-state index in [9.17, 15) is 9.90 Å². The van der Waals surface area contributed by atoms with E-state index in [0.717, 1.165) is 40.0 Å². The molecule has 32 heavy (non-hydrogen) atoms. The highest BCUT2D eigenvalue weighted by Gasteiger charge is 2.27. The third-order valence-corrected chi connectivity index (χ3v) is 5.52. The first-order valence-electron chi connectivity index (χ1n) is 10.9. The van der Waals surface area contributed by atoms with Crippen LogP contribution in [0.4, 0.5) is 0 Å². The molecule has 0 aliphatic carbocycles. The minimum atomic E-state index is -0.221. The number of ether oxygens (including phenoxy) is 1. The molecule has 3 rings (SSSR count). The van der Waals surface area contributed by atoms with Crippen molar-refractivity contribution in [1.29, 1.82) is 0 Å². The molecule has 0 aliphatic rings. The number of phenols is 1. The van der Waals surface area contributed by atoms with Crippen molar-refractivity contribution in [2.24, 2.45) is 0 Å². The molecule has 0 unspecified atom stereocenters. The Morgan fingerprint density at radius 2 is 1.66 bits per heavy atom. The molecule has 0 radical (unpaired) electrons. The van der Waals surface area contributed by atoms with Gasteiger partial charge in [0.15, 0.2) is 0 Å². The number of aryl methyl sites for hydroxylation is 1. The zero-order valence-corrected chi connectivity index (χ0v) is 20.1. The van der Waals surface area contributed by atoms with Crippen LogP contribution in [0.15, 0.2) is 41.0 Å². The van der Waals surface area contributed by atoms with Crippen LogP contribution in [-0.4, -0.2) is 23.0 Å². The number of phenolic OH excluding ortho intramolecular Hbond substituents is 1. The molecule has 0 atom stereocenters. The first-order chi connectivity index (χ1) is 14.9. The number of benzene rings is 2. The number of aldehydes is 1. The molecule has 1 N–H and O–H groups in total. The number of aromatic hydroxyl groups is 1. The molecule has 1 heterocycles. The van der Waals surface area contributed by atoms with Crippen LogP contribution in [0, 0.1) is 6.92 Å². The Balaban J connectivity index is 1.80. The van der Waals surface area contributed by atoms with Crippen LogP contribution in [0.25, 0.3) is 11.5 Å². The molecule has 0 aliphatic heterocycles. The Kier molecular flexibility index (Phi) is 6.49. The Labute approximate surface area is 190 Å². The van der Waals surface area contributed by atoms with E-state index in [1.165, 1.54) is 0 Å². The van der Waals surface area contributed by atoms with E-state index in [1.807, 2.05) is 25.1 Å². The van der Waals surface area contributed by atoms with Crippen molar-refractivity contribution in [3.63, 3.8) is 0 Å². The van der Waals surface area contributed by atoms with Crippen LogP contribution >= 0.6 is 0 Å². The third kappa shape index (κ3) is 5.21. The lowest BCUT2D eigenvalue weighted by Crippen LogP contribution is -2.17. The zero-order valence-electron chi connectivity index (χ0n) is 20.1. The topological polar surface area (TPSA) is 72.6 Å². The van der Waals surface area contributed by atoms with Gasteiger partial charge in [-0.15, -0.1) is 0 Å². The van der Waals surface area contributed by atoms with Gasteiger partial charge >= 0.3 is 0 Å². The van der Waals surface area contributed by atoms with E-state index in [2.05, 4.69) is 46.5 Å². The minimum Gasteiger partial charge on any atom is -0.507 e. The number of nitrogens with zero attached hydrogens (tertiary/aromatic N) is 1. The second-order valence-corrected chi connectivity index (χ2v) is 10.3. The van der Waals surface area contributed by atoms with E-state index in [0.29, 0.717) is 30.2 Å². The van der Waals surface area contributed by atoms with Crippen LogP contribution in [0.3, 0.4) is 0 Å². The monoisotopic (exact) mass is 435 g/mol. The molecule has 0 bridgehead atoms. The Morgan fingerprint density at radius 3 is 2.19 bits per heavy atom. The number of carbonyl (C=O) groups excluding carboxylic acids is 1. The van der Waals surface area contributed by atoms with Crippen molar-refractivity contribution in [3.8, 4) is 23.0 Å². The molecule has 5 heteroatoms. The number of hydrogen-bond acceptors (Lipinski definition) is 5. The summed E-state index contributed by atoms with van der Waals surface area (Å²) in [5.74, 6) is 1.59. The highest BCUT2D eigenvalue weighted by atomic mass is 16.5. The van der Waals surface area contributed by atoms with E-state index in [1.54, 1.807) is 18.4 Å². The van der Waals surface area contributed by atoms with Crippen molar-refractivity contribution >= 4 is 6.29 Å². The summed E-state index contributed by atoms with van der Waals surface area (Å²) in [4.78, 5) is 15.6. The average molecular weight is 436 g/mol. The first kappa shape index (κ1) is 23.6. The molecular weight excluding hydrogens is 402 g/mol. The van der Waals surface area contributed by atoms with Crippen LogP contribution in [0.2, 0.25) is 0 Å². The van der Waals surface area contributed by atoms with E-state index >= 15 is 0 Å². The predicted molar refractivity (Wildman–Crippen MR) is 127 cm³/mol. The molecule has 0 amide bonds. The highest BCUT2D eigenvalue weighted by molar-refractivity contribution is 5.77. The van der Waals surface area contributed by atoms with Gasteiger partial charge in [0.25, 0.3) is 0 Å². The van der Waals surface area contributed by atoms with Crippen LogP contribution < -0.4 is 4.74 Å². The van der Waals surface area contributed by atoms with Gasteiger partial charge < -0.3 is 14.3 Å². The Bertz CT molecular complexity index is 1080. The van der Waals surface area contributed by atoms with Crippen molar-refractivity contribution in [2.45, 2.75) is 65.7 Å². The Hall–Kier alpha value is -3.08. The second kappa shape index (κ2) is 8.81. The highest BCUT2D eigenvalue weighted by Crippen LogP contribution is 2.41. The van der Waals surface area contributed by atoms with E-state index in [4.69, 9.17) is 9.15 Å². The predicted octanol–water partition coefficient (Wildman–Crippen LogP) is 6.38. The maximum Gasteiger partial charge on any atom is 0.226 e. The molecular formula is C27H33NO4. The van der Waals surface area contributed by atoms with Gasteiger partial charge in [-0.1, -0.05) is 41.5 Å². The molecule has 170 valence electrons. The summed E-state index contributed by atoms with van der Waals surface area (Å²) in [6, 6.07) is 9.35. The molecule has 0 fully saturated rings. The largest absolute Gasteiger partial charge is 0.507 e. The Morgan fingerprint density at radius 1 is 1.03 bits per heavy atom. The van der Waals surface area contributed by atoms with Gasteiger partial charge in [0.05, 0.1) is 12.3 Å². The van der Waals surface area contributed by atoms with Gasteiger partial charge in [-0.05, 0) is 53.6 Å². The summed E-state index contributed by atoms with van der Waals surface area (Å²) < 4.78 is 11.6. The summed E-state index contributed by atoms with van der Waals surface area (Å²) >= 11 is 0. The lowest BCUT2D eigenvalue weighted by atomic mass is 9.78. The smallest absolute Gasteiger partial charge is 0.226 e. The standard InChI is InChI=1S/C27H33NO4/c1-17-12-21(9-8-18(17)15-29)31-11-10-20-16-32-25(28-20)19-13-22(26(2,3)4)24(30)23(14-19)27(5,6)7/h8-9,12-16,30H,10-11H2,1-7H3. The van der Waals surface area contributed by atoms with Gasteiger partial charge in [0.1, 0.15) is 24.0 Å². The van der Waals surface area contributed by atoms with Crippen molar-refractivity contribution < 1.29 is 19.1 Å². The number of aromatic nitrogens is 1. The summed E-state index contributed by atoms with van der Waals surface area (Å²) in [5, 5.41) is 10.9. The van der Waals surface area contributed by atoms with Gasteiger partial charge in [0.2, 0.25) is 5.89 Å². The van der Waals surface area contributed by atoms with Gasteiger partial charge in [-0.2, -0.15) is 0 Å². The number of carbonyl (C=O) groups is 1. The molecule has 0 saturated carbocycles. The van der Waals surface area contributed by atoms with Crippen molar-refractivity contribution in [2.75, 3.05) is 6.61 Å². The lowest BCUT2D eigenvalue weighted by molar-refractivity contribution is 0.112. The normalized spacial score (nSPS) is 12.1. The maximum atomic E-state index is 11.0. The number of rotatable bonds is 6. The molecule has 0 saturated heterocycles. The average Bonchev–Trinajstić information content (AvgIpc) is 3.15. The molecule has 5 nitrogen and oxygen atoms in total. The zero-order chi connectivity index (χ0) is 23.7. The van der Waals surface area contributed by atoms with Crippen LogP contribution in [0.5, 0.6) is 11.5 Å².